The summed E-state index contributed by atoms with van der Waals surface area (Å²) < 4.78 is 5.87. The maximum Gasteiger partial charge on any atom is 0.232 e. The fraction of sp³-hybridized carbons (Fsp3) is 0.429. The summed E-state index contributed by atoms with van der Waals surface area (Å²) in [5.74, 6) is 2.10. The minimum Gasteiger partial charge on any atom is -0.455 e. The number of benzene rings is 1. The Morgan fingerprint density at radius 2 is 2.14 bits per heavy atom. The predicted molar refractivity (Wildman–Crippen MR) is 116 cm³/mol. The van der Waals surface area contributed by atoms with Crippen LogP contribution in [0.5, 0.6) is 11.5 Å². The summed E-state index contributed by atoms with van der Waals surface area (Å²) in [6, 6.07) is 9.50. The molecule has 2 aromatic rings. The molecule has 1 aromatic heterocycles. The number of pyridine rings is 1. The monoisotopic (exact) mass is 423 g/mol. The van der Waals surface area contributed by atoms with E-state index >= 15 is 0 Å². The van der Waals surface area contributed by atoms with Crippen molar-refractivity contribution in [2.75, 3.05) is 18.4 Å². The van der Waals surface area contributed by atoms with E-state index in [4.69, 9.17) is 4.74 Å². The lowest BCUT2D eigenvalue weighted by Crippen LogP contribution is -2.44. The fourth-order valence-corrected chi connectivity index (χ4v) is 4.32. The molecule has 2 heterocycles. The van der Waals surface area contributed by atoms with E-state index in [0.29, 0.717) is 11.7 Å². The topological polar surface area (TPSA) is 63.2 Å². The number of amides is 1. The van der Waals surface area contributed by atoms with Gasteiger partial charge < -0.3 is 15.4 Å². The second-order valence-corrected chi connectivity index (χ2v) is 7.45. The van der Waals surface area contributed by atoms with Crippen molar-refractivity contribution in [3.63, 3.8) is 0 Å². The number of fused-ring (bicyclic) bond motifs is 1. The standard InChI is InChI=1S/C21H25N3O2.2ClH/c1-15-11-17(7-8-19(15)26-18-6-4-10-22-13-18)24-20(25)21-9-3-2-5-16(21)12-23-14-21;;/h4,6-8,10-11,13,16,23H,2-3,5,9,12,14H2,1H3,(H,24,25);2*1H/t16-,21+;;/m0../s1. The first kappa shape index (κ1) is 22.5. The number of nitrogens with one attached hydrogen (secondary N) is 2. The molecule has 7 heteroatoms. The lowest BCUT2D eigenvalue weighted by Gasteiger charge is -2.37. The fourth-order valence-electron chi connectivity index (χ4n) is 4.32. The summed E-state index contributed by atoms with van der Waals surface area (Å²) in [7, 11) is 0. The molecule has 0 bridgehead atoms. The third kappa shape index (κ3) is 4.43. The Morgan fingerprint density at radius 3 is 2.89 bits per heavy atom. The van der Waals surface area contributed by atoms with Crippen LogP contribution in [0.2, 0.25) is 0 Å². The highest BCUT2D eigenvalue weighted by atomic mass is 35.5. The van der Waals surface area contributed by atoms with Crippen molar-refractivity contribution < 1.29 is 9.53 Å². The Bertz CT molecular complexity index is 803. The molecule has 1 amide bonds. The molecule has 4 rings (SSSR count). The highest BCUT2D eigenvalue weighted by molar-refractivity contribution is 5.96. The number of aryl methyl sites for hydroxylation is 1. The summed E-state index contributed by atoms with van der Waals surface area (Å²) >= 11 is 0. The minimum absolute atomic E-state index is 0. The maximum atomic E-state index is 13.1. The molecule has 2 atom stereocenters. The summed E-state index contributed by atoms with van der Waals surface area (Å²) in [5, 5.41) is 6.59. The Labute approximate surface area is 178 Å². The normalized spacial score (nSPS) is 23.0. The highest BCUT2D eigenvalue weighted by Crippen LogP contribution is 2.44. The smallest absolute Gasteiger partial charge is 0.232 e. The number of hydrogen-bond donors (Lipinski definition) is 2. The van der Waals surface area contributed by atoms with Crippen molar-refractivity contribution in [2.24, 2.45) is 11.3 Å². The van der Waals surface area contributed by atoms with E-state index in [0.717, 1.165) is 49.4 Å². The first-order chi connectivity index (χ1) is 12.7. The molecule has 2 N–H and O–H groups in total. The molecular weight excluding hydrogens is 397 g/mol. The van der Waals surface area contributed by atoms with Crippen molar-refractivity contribution in [3.8, 4) is 11.5 Å². The van der Waals surface area contributed by atoms with E-state index in [-0.39, 0.29) is 36.1 Å². The van der Waals surface area contributed by atoms with Gasteiger partial charge in [-0.25, -0.2) is 0 Å². The molecular formula is C21H27Cl2N3O2. The molecule has 2 aliphatic rings. The van der Waals surface area contributed by atoms with Gasteiger partial charge in [0.25, 0.3) is 0 Å². The number of rotatable bonds is 4. The third-order valence-electron chi connectivity index (χ3n) is 5.79. The van der Waals surface area contributed by atoms with E-state index < -0.39 is 0 Å². The molecule has 1 aliphatic heterocycles. The molecule has 5 nitrogen and oxygen atoms in total. The van der Waals surface area contributed by atoms with Gasteiger partial charge in [-0.2, -0.15) is 0 Å². The Balaban J connectivity index is 0.00000140. The van der Waals surface area contributed by atoms with E-state index in [1.807, 2.05) is 37.3 Å². The number of aromatic nitrogens is 1. The summed E-state index contributed by atoms with van der Waals surface area (Å²) in [4.78, 5) is 17.1. The zero-order valence-electron chi connectivity index (χ0n) is 15.9. The Kier molecular flexibility index (Phi) is 7.70. The number of carbonyl (C=O) groups is 1. The number of anilines is 1. The van der Waals surface area contributed by atoms with Crippen LogP contribution >= 0.6 is 24.8 Å². The molecule has 1 aromatic carbocycles. The lowest BCUT2D eigenvalue weighted by molar-refractivity contribution is -0.128. The molecule has 2 fully saturated rings. The van der Waals surface area contributed by atoms with Crippen LogP contribution in [-0.2, 0) is 4.79 Å². The number of ether oxygens (including phenoxy) is 1. The van der Waals surface area contributed by atoms with Gasteiger partial charge in [-0.15, -0.1) is 24.8 Å². The predicted octanol–water partition coefficient (Wildman–Crippen LogP) is 4.74. The molecule has 1 saturated carbocycles. The first-order valence-electron chi connectivity index (χ1n) is 9.38. The van der Waals surface area contributed by atoms with Crippen molar-refractivity contribution in [1.82, 2.24) is 10.3 Å². The van der Waals surface area contributed by atoms with Gasteiger partial charge in [-0.05, 0) is 68.1 Å². The average molecular weight is 424 g/mol. The third-order valence-corrected chi connectivity index (χ3v) is 5.79. The van der Waals surface area contributed by atoms with Crippen molar-refractivity contribution in [3.05, 3.63) is 48.3 Å². The van der Waals surface area contributed by atoms with Crippen LogP contribution in [0.15, 0.2) is 42.7 Å². The van der Waals surface area contributed by atoms with Gasteiger partial charge in [0.2, 0.25) is 5.91 Å². The van der Waals surface area contributed by atoms with Crippen molar-refractivity contribution >= 4 is 36.4 Å². The van der Waals surface area contributed by atoms with Crippen molar-refractivity contribution in [1.29, 1.82) is 0 Å². The van der Waals surface area contributed by atoms with Crippen LogP contribution in [0, 0.1) is 18.3 Å². The zero-order chi connectivity index (χ0) is 18.0. The lowest BCUT2D eigenvalue weighted by atomic mass is 9.67. The van der Waals surface area contributed by atoms with E-state index in [2.05, 4.69) is 15.6 Å². The van der Waals surface area contributed by atoms with Gasteiger partial charge in [0, 0.05) is 18.4 Å². The van der Waals surface area contributed by atoms with Gasteiger partial charge in [0.15, 0.2) is 0 Å². The van der Waals surface area contributed by atoms with Gasteiger partial charge in [-0.1, -0.05) is 12.8 Å². The SMILES string of the molecule is Cc1cc(NC(=O)[C@@]23CCCC[C@H]2CNC3)ccc1Oc1cccnc1.Cl.Cl. The van der Waals surface area contributed by atoms with E-state index in [1.165, 1.54) is 6.42 Å². The van der Waals surface area contributed by atoms with Gasteiger partial charge in [0.1, 0.15) is 11.5 Å². The van der Waals surface area contributed by atoms with Crippen LogP contribution < -0.4 is 15.4 Å². The molecule has 1 aliphatic carbocycles. The van der Waals surface area contributed by atoms with Crippen LogP contribution in [0.3, 0.4) is 0 Å². The summed E-state index contributed by atoms with van der Waals surface area (Å²) in [5.41, 5.74) is 1.57. The van der Waals surface area contributed by atoms with Crippen LogP contribution in [0.4, 0.5) is 5.69 Å². The zero-order valence-corrected chi connectivity index (χ0v) is 17.6. The van der Waals surface area contributed by atoms with Crippen LogP contribution in [0.1, 0.15) is 31.2 Å². The van der Waals surface area contributed by atoms with E-state index in [9.17, 15) is 4.79 Å². The minimum atomic E-state index is -0.239. The number of nitrogens with zero attached hydrogens (tertiary/aromatic N) is 1. The largest absolute Gasteiger partial charge is 0.455 e. The first-order valence-corrected chi connectivity index (χ1v) is 9.38. The number of hydrogen-bond acceptors (Lipinski definition) is 4. The summed E-state index contributed by atoms with van der Waals surface area (Å²) in [6.45, 7) is 3.75. The molecule has 1 saturated heterocycles. The van der Waals surface area contributed by atoms with E-state index in [1.54, 1.807) is 12.4 Å². The second-order valence-electron chi connectivity index (χ2n) is 7.45. The summed E-state index contributed by atoms with van der Waals surface area (Å²) in [6.07, 6.45) is 7.91. The second kappa shape index (κ2) is 9.59. The molecule has 0 unspecified atom stereocenters. The molecule has 0 radical (unpaired) electrons. The van der Waals surface area contributed by atoms with Gasteiger partial charge in [-0.3, -0.25) is 9.78 Å². The molecule has 152 valence electrons. The highest BCUT2D eigenvalue weighted by Gasteiger charge is 2.49. The Morgan fingerprint density at radius 1 is 1.29 bits per heavy atom. The number of halogens is 2. The average Bonchev–Trinajstić information content (AvgIpc) is 3.10. The van der Waals surface area contributed by atoms with Crippen LogP contribution in [-0.4, -0.2) is 24.0 Å². The van der Waals surface area contributed by atoms with Gasteiger partial charge in [0.05, 0.1) is 11.6 Å². The maximum absolute atomic E-state index is 13.1. The number of carbonyl (C=O) groups excluding carboxylic acids is 1. The quantitative estimate of drug-likeness (QED) is 0.744. The molecule has 0 spiro atoms. The van der Waals surface area contributed by atoms with Crippen LogP contribution in [0.25, 0.3) is 0 Å². The van der Waals surface area contributed by atoms with Crippen molar-refractivity contribution in [2.45, 2.75) is 32.6 Å². The van der Waals surface area contributed by atoms with Gasteiger partial charge >= 0.3 is 0 Å². The molecule has 28 heavy (non-hydrogen) atoms. The Hall–Kier alpha value is -1.82.